The Morgan fingerprint density at radius 1 is 1.36 bits per heavy atom. The molecule has 1 atom stereocenters. The third kappa shape index (κ3) is 3.14. The Bertz CT molecular complexity index is 105. The summed E-state index contributed by atoms with van der Waals surface area (Å²) in [6, 6.07) is 0. The zero-order valence-corrected chi connectivity index (χ0v) is 9.23. The Balaban J connectivity index is 2.01. The van der Waals surface area contributed by atoms with Crippen LogP contribution in [0.2, 0.25) is 0 Å². The van der Waals surface area contributed by atoms with E-state index in [9.17, 15) is 0 Å². The summed E-state index contributed by atoms with van der Waals surface area (Å²) in [5.41, 5.74) is 0. The second-order valence-corrected chi connectivity index (χ2v) is 5.31. The van der Waals surface area contributed by atoms with Crippen molar-refractivity contribution in [2.24, 2.45) is 11.8 Å². The highest BCUT2D eigenvalue weighted by Gasteiger charge is 2.19. The predicted octanol–water partition coefficient (Wildman–Crippen LogP) is 3.99. The van der Waals surface area contributed by atoms with Gasteiger partial charge >= 0.3 is 0 Å². The van der Waals surface area contributed by atoms with E-state index in [0.29, 0.717) is 0 Å². The molecule has 0 spiro atoms. The van der Waals surface area contributed by atoms with Crippen LogP contribution in [0.25, 0.3) is 0 Å². The summed E-state index contributed by atoms with van der Waals surface area (Å²) in [7, 11) is 0. The number of hydrogen-bond acceptors (Lipinski definition) is 0. The van der Waals surface area contributed by atoms with Crippen molar-refractivity contribution in [2.45, 2.75) is 50.8 Å². The van der Waals surface area contributed by atoms with Gasteiger partial charge in [-0.2, -0.15) is 0 Å². The van der Waals surface area contributed by atoms with Crippen LogP contribution in [0.1, 0.15) is 46.0 Å². The Morgan fingerprint density at radius 3 is 2.36 bits per heavy atom. The van der Waals surface area contributed by atoms with Crippen molar-refractivity contribution in [2.75, 3.05) is 0 Å². The molecule has 0 radical (unpaired) electrons. The minimum absolute atomic E-state index is 0.753. The summed E-state index contributed by atoms with van der Waals surface area (Å²) in [6.45, 7) is 4.58. The Labute approximate surface area is 78.9 Å². The Hall–Kier alpha value is 0.480. The van der Waals surface area contributed by atoms with Gasteiger partial charge in [0.1, 0.15) is 0 Å². The second-order valence-electron chi connectivity index (χ2n) is 4.13. The lowest BCUT2D eigenvalue weighted by Gasteiger charge is -2.26. The lowest BCUT2D eigenvalue weighted by Crippen LogP contribution is -2.15. The molecule has 0 saturated heterocycles. The van der Waals surface area contributed by atoms with Crippen molar-refractivity contribution in [1.29, 1.82) is 0 Å². The van der Waals surface area contributed by atoms with E-state index >= 15 is 0 Å². The van der Waals surface area contributed by atoms with Crippen molar-refractivity contribution in [3.63, 3.8) is 0 Å². The second kappa shape index (κ2) is 4.49. The molecule has 1 rings (SSSR count). The molecule has 1 saturated carbocycles. The largest absolute Gasteiger partial charge is 0.0888 e. The zero-order chi connectivity index (χ0) is 8.27. The number of hydrogen-bond donors (Lipinski definition) is 0. The van der Waals surface area contributed by atoms with Gasteiger partial charge in [0, 0.05) is 4.83 Å². The molecule has 1 unspecified atom stereocenters. The number of halogens is 1. The van der Waals surface area contributed by atoms with E-state index in [1.807, 2.05) is 0 Å². The third-order valence-electron chi connectivity index (χ3n) is 2.80. The van der Waals surface area contributed by atoms with Gasteiger partial charge in [0.05, 0.1) is 0 Å². The van der Waals surface area contributed by atoms with E-state index in [0.717, 1.165) is 16.7 Å². The molecule has 0 N–H and O–H groups in total. The van der Waals surface area contributed by atoms with Crippen LogP contribution in [0.4, 0.5) is 0 Å². The van der Waals surface area contributed by atoms with Gasteiger partial charge in [-0.25, -0.2) is 0 Å². The minimum Gasteiger partial charge on any atom is -0.0888 e. The maximum absolute atomic E-state index is 3.72. The molecule has 0 aromatic rings. The van der Waals surface area contributed by atoms with Crippen molar-refractivity contribution in [3.05, 3.63) is 0 Å². The van der Waals surface area contributed by atoms with E-state index in [2.05, 4.69) is 29.8 Å². The number of alkyl halides is 1. The molecular weight excluding hydrogens is 200 g/mol. The molecule has 1 aliphatic rings. The van der Waals surface area contributed by atoms with E-state index in [1.165, 1.54) is 32.1 Å². The highest BCUT2D eigenvalue weighted by molar-refractivity contribution is 9.09. The third-order valence-corrected chi connectivity index (χ3v) is 4.31. The topological polar surface area (TPSA) is 0 Å². The van der Waals surface area contributed by atoms with Gasteiger partial charge in [-0.3, -0.25) is 0 Å². The molecule has 66 valence electrons. The smallest absolute Gasteiger partial charge is 0.0168 e. The summed E-state index contributed by atoms with van der Waals surface area (Å²) < 4.78 is 0. The fraction of sp³-hybridized carbons (Fsp3) is 1.00. The van der Waals surface area contributed by atoms with Gasteiger partial charge in [-0.1, -0.05) is 49.0 Å². The maximum Gasteiger partial charge on any atom is 0.0168 e. The Kier molecular flexibility index (Phi) is 3.91. The molecule has 0 aromatic carbocycles. The number of rotatable bonds is 4. The fourth-order valence-corrected chi connectivity index (χ4v) is 1.77. The molecule has 1 aliphatic carbocycles. The molecular formula is C10H19Br. The Morgan fingerprint density at radius 2 is 2.00 bits per heavy atom. The first-order valence-electron chi connectivity index (χ1n) is 4.84. The molecule has 11 heavy (non-hydrogen) atoms. The molecule has 0 aliphatic heterocycles. The van der Waals surface area contributed by atoms with E-state index in [1.54, 1.807) is 0 Å². The van der Waals surface area contributed by atoms with Crippen LogP contribution in [0, 0.1) is 11.8 Å². The maximum atomic E-state index is 3.72. The first kappa shape index (κ1) is 9.57. The fourth-order valence-electron chi connectivity index (χ4n) is 1.51. The highest BCUT2D eigenvalue weighted by Crippen LogP contribution is 2.32. The monoisotopic (exact) mass is 218 g/mol. The van der Waals surface area contributed by atoms with Crippen LogP contribution in [0.15, 0.2) is 0 Å². The molecule has 0 bridgehead atoms. The molecule has 1 fully saturated rings. The quantitative estimate of drug-likeness (QED) is 0.627. The van der Waals surface area contributed by atoms with Crippen LogP contribution in [0.5, 0.6) is 0 Å². The van der Waals surface area contributed by atoms with Gasteiger partial charge < -0.3 is 0 Å². The lowest BCUT2D eigenvalue weighted by molar-refractivity contribution is 0.285. The summed E-state index contributed by atoms with van der Waals surface area (Å²) in [4.78, 5) is 0.753. The van der Waals surface area contributed by atoms with Crippen molar-refractivity contribution >= 4 is 15.9 Å². The SMILES string of the molecule is CC(C)C(Br)CCC1CCC1. The average molecular weight is 219 g/mol. The van der Waals surface area contributed by atoms with E-state index in [4.69, 9.17) is 0 Å². The minimum atomic E-state index is 0.753. The van der Waals surface area contributed by atoms with Gasteiger partial charge in [0.25, 0.3) is 0 Å². The first-order valence-corrected chi connectivity index (χ1v) is 5.75. The average Bonchev–Trinajstić information content (AvgIpc) is 1.83. The van der Waals surface area contributed by atoms with E-state index < -0.39 is 0 Å². The van der Waals surface area contributed by atoms with Gasteiger partial charge in [0.2, 0.25) is 0 Å². The highest BCUT2D eigenvalue weighted by atomic mass is 79.9. The van der Waals surface area contributed by atoms with Gasteiger partial charge in [0.15, 0.2) is 0 Å². The zero-order valence-electron chi connectivity index (χ0n) is 7.65. The van der Waals surface area contributed by atoms with Crippen molar-refractivity contribution < 1.29 is 0 Å². The van der Waals surface area contributed by atoms with Crippen LogP contribution < -0.4 is 0 Å². The van der Waals surface area contributed by atoms with Crippen LogP contribution in [-0.2, 0) is 0 Å². The summed E-state index contributed by atoms with van der Waals surface area (Å²) in [6.07, 6.45) is 7.31. The van der Waals surface area contributed by atoms with Crippen molar-refractivity contribution in [1.82, 2.24) is 0 Å². The lowest BCUT2D eigenvalue weighted by atomic mass is 9.81. The van der Waals surface area contributed by atoms with E-state index in [-0.39, 0.29) is 0 Å². The van der Waals surface area contributed by atoms with Crippen molar-refractivity contribution in [3.8, 4) is 0 Å². The van der Waals surface area contributed by atoms with Crippen LogP contribution >= 0.6 is 15.9 Å². The first-order chi connectivity index (χ1) is 5.20. The standard InChI is InChI=1S/C10H19Br/c1-8(2)10(11)7-6-9-4-3-5-9/h8-10H,3-7H2,1-2H3. The molecule has 1 heteroatoms. The summed E-state index contributed by atoms with van der Waals surface area (Å²) in [5.74, 6) is 1.88. The molecule has 0 aromatic heterocycles. The van der Waals surface area contributed by atoms with Gasteiger partial charge in [-0.15, -0.1) is 0 Å². The van der Waals surface area contributed by atoms with Gasteiger partial charge in [-0.05, 0) is 24.7 Å². The van der Waals surface area contributed by atoms with Crippen LogP contribution in [-0.4, -0.2) is 4.83 Å². The molecule has 0 heterocycles. The summed E-state index contributed by atoms with van der Waals surface area (Å²) in [5, 5.41) is 0. The normalized spacial score (nSPS) is 21.8. The predicted molar refractivity (Wildman–Crippen MR) is 54.1 cm³/mol. The summed E-state index contributed by atoms with van der Waals surface area (Å²) >= 11 is 3.72. The molecule has 0 nitrogen and oxygen atoms in total. The van der Waals surface area contributed by atoms with Crippen LogP contribution in [0.3, 0.4) is 0 Å². The molecule has 0 amide bonds.